The molecular formula is C10H19NO. The average molecular weight is 169 g/mol. The van der Waals surface area contributed by atoms with E-state index in [9.17, 15) is 0 Å². The van der Waals surface area contributed by atoms with Gasteiger partial charge in [-0.3, -0.25) is 4.90 Å². The van der Waals surface area contributed by atoms with Crippen LogP contribution in [-0.4, -0.2) is 37.2 Å². The molecule has 2 nitrogen and oxygen atoms in total. The lowest BCUT2D eigenvalue weighted by molar-refractivity contribution is -0.0237. The Morgan fingerprint density at radius 2 is 2.25 bits per heavy atom. The fourth-order valence-electron chi connectivity index (χ4n) is 1.95. The van der Waals surface area contributed by atoms with Gasteiger partial charge in [0.25, 0.3) is 0 Å². The van der Waals surface area contributed by atoms with Crippen LogP contribution in [0.1, 0.15) is 26.7 Å². The third kappa shape index (κ3) is 1.99. The Bertz CT molecular complexity index is 165. The third-order valence-electron chi connectivity index (χ3n) is 3.03. The molecule has 0 spiro atoms. The highest BCUT2D eigenvalue weighted by molar-refractivity contribution is 4.91. The molecule has 0 amide bonds. The van der Waals surface area contributed by atoms with Crippen molar-refractivity contribution >= 4 is 0 Å². The number of rotatable bonds is 2. The first-order valence-electron chi connectivity index (χ1n) is 5.02. The van der Waals surface area contributed by atoms with E-state index in [0.29, 0.717) is 11.5 Å². The summed E-state index contributed by atoms with van der Waals surface area (Å²) < 4.78 is 5.50. The van der Waals surface area contributed by atoms with Gasteiger partial charge in [-0.05, 0) is 25.2 Å². The molecule has 1 atom stereocenters. The van der Waals surface area contributed by atoms with Crippen LogP contribution in [0.2, 0.25) is 0 Å². The lowest BCUT2D eigenvalue weighted by atomic mass is 10.1. The van der Waals surface area contributed by atoms with E-state index in [4.69, 9.17) is 4.74 Å². The fraction of sp³-hybridized carbons (Fsp3) is 1.00. The zero-order chi connectivity index (χ0) is 8.60. The zero-order valence-electron chi connectivity index (χ0n) is 8.18. The second-order valence-electron chi connectivity index (χ2n) is 4.73. The molecule has 0 aromatic carbocycles. The predicted octanol–water partition coefficient (Wildman–Crippen LogP) is 1.51. The number of morpholine rings is 1. The molecule has 1 saturated heterocycles. The van der Waals surface area contributed by atoms with E-state index in [1.807, 2.05) is 0 Å². The maximum Gasteiger partial charge on any atom is 0.0674 e. The molecule has 12 heavy (non-hydrogen) atoms. The number of nitrogens with zero attached hydrogens (tertiary/aromatic N) is 1. The molecule has 1 saturated carbocycles. The van der Waals surface area contributed by atoms with E-state index in [1.165, 1.54) is 19.4 Å². The van der Waals surface area contributed by atoms with Crippen molar-refractivity contribution in [3.8, 4) is 0 Å². The van der Waals surface area contributed by atoms with E-state index in [2.05, 4.69) is 18.7 Å². The van der Waals surface area contributed by atoms with E-state index in [-0.39, 0.29) is 0 Å². The Balaban J connectivity index is 1.79. The minimum atomic E-state index is 0.445. The quantitative estimate of drug-likeness (QED) is 0.621. The van der Waals surface area contributed by atoms with Crippen LogP contribution in [0, 0.1) is 5.41 Å². The zero-order valence-corrected chi connectivity index (χ0v) is 8.18. The van der Waals surface area contributed by atoms with Gasteiger partial charge in [0.2, 0.25) is 0 Å². The van der Waals surface area contributed by atoms with Gasteiger partial charge < -0.3 is 4.74 Å². The standard InChI is InChI=1S/C10H19NO/c1-9-7-11(5-6-12-9)8-10(2)3-4-10/h9H,3-8H2,1-2H3. The SMILES string of the molecule is CC1CN(CC2(C)CC2)CCO1. The molecule has 1 aliphatic carbocycles. The van der Waals surface area contributed by atoms with Crippen LogP contribution < -0.4 is 0 Å². The summed E-state index contributed by atoms with van der Waals surface area (Å²) in [6, 6.07) is 0. The Kier molecular flexibility index (Phi) is 2.13. The highest BCUT2D eigenvalue weighted by Gasteiger charge is 2.39. The molecule has 2 heteroatoms. The molecule has 1 aliphatic heterocycles. The molecule has 0 aromatic rings. The summed E-state index contributed by atoms with van der Waals surface area (Å²) in [6.07, 6.45) is 3.30. The van der Waals surface area contributed by atoms with Crippen molar-refractivity contribution in [3.05, 3.63) is 0 Å². The highest BCUT2D eigenvalue weighted by atomic mass is 16.5. The molecule has 2 rings (SSSR count). The van der Waals surface area contributed by atoms with Gasteiger partial charge in [0.15, 0.2) is 0 Å². The molecule has 0 aromatic heterocycles. The van der Waals surface area contributed by atoms with Gasteiger partial charge in [-0.1, -0.05) is 6.92 Å². The summed E-state index contributed by atoms with van der Waals surface area (Å²) in [5.74, 6) is 0. The Hall–Kier alpha value is -0.0800. The van der Waals surface area contributed by atoms with E-state index in [0.717, 1.165) is 19.7 Å². The molecular weight excluding hydrogens is 150 g/mol. The second kappa shape index (κ2) is 3.00. The molecule has 70 valence electrons. The van der Waals surface area contributed by atoms with Crippen LogP contribution in [0.25, 0.3) is 0 Å². The van der Waals surface area contributed by atoms with Gasteiger partial charge in [-0.2, -0.15) is 0 Å². The van der Waals surface area contributed by atoms with Crippen molar-refractivity contribution in [1.82, 2.24) is 4.90 Å². The average Bonchev–Trinajstić information content (AvgIpc) is 2.67. The first-order valence-corrected chi connectivity index (χ1v) is 5.02. The first kappa shape index (κ1) is 8.52. The van der Waals surface area contributed by atoms with Gasteiger partial charge in [0.05, 0.1) is 12.7 Å². The Morgan fingerprint density at radius 3 is 2.83 bits per heavy atom. The maximum absolute atomic E-state index is 5.50. The smallest absolute Gasteiger partial charge is 0.0674 e. The first-order chi connectivity index (χ1) is 5.68. The highest BCUT2D eigenvalue weighted by Crippen LogP contribution is 2.45. The summed E-state index contributed by atoms with van der Waals surface area (Å²) in [5, 5.41) is 0. The number of hydrogen-bond acceptors (Lipinski definition) is 2. The molecule has 0 radical (unpaired) electrons. The largest absolute Gasteiger partial charge is 0.376 e. The van der Waals surface area contributed by atoms with E-state index >= 15 is 0 Å². The Morgan fingerprint density at radius 1 is 1.50 bits per heavy atom. The van der Waals surface area contributed by atoms with Crippen LogP contribution in [-0.2, 0) is 4.74 Å². The summed E-state index contributed by atoms with van der Waals surface area (Å²) in [5.41, 5.74) is 0.664. The molecule has 1 unspecified atom stereocenters. The summed E-state index contributed by atoms with van der Waals surface area (Å²) in [6.45, 7) is 9.06. The van der Waals surface area contributed by atoms with Crippen LogP contribution in [0.3, 0.4) is 0 Å². The van der Waals surface area contributed by atoms with Crippen LogP contribution >= 0.6 is 0 Å². The number of ether oxygens (including phenoxy) is 1. The molecule has 1 heterocycles. The summed E-state index contributed by atoms with van der Waals surface area (Å²) in [7, 11) is 0. The lowest BCUT2D eigenvalue weighted by Crippen LogP contribution is -2.43. The van der Waals surface area contributed by atoms with Gasteiger partial charge in [-0.25, -0.2) is 0 Å². The van der Waals surface area contributed by atoms with Crippen LogP contribution in [0.5, 0.6) is 0 Å². The maximum atomic E-state index is 5.50. The number of hydrogen-bond donors (Lipinski definition) is 0. The van der Waals surface area contributed by atoms with Gasteiger partial charge in [0.1, 0.15) is 0 Å². The monoisotopic (exact) mass is 169 g/mol. The van der Waals surface area contributed by atoms with Crippen molar-refractivity contribution < 1.29 is 4.74 Å². The Labute approximate surface area is 74.9 Å². The van der Waals surface area contributed by atoms with Gasteiger partial charge in [-0.15, -0.1) is 0 Å². The summed E-state index contributed by atoms with van der Waals surface area (Å²) >= 11 is 0. The van der Waals surface area contributed by atoms with E-state index in [1.54, 1.807) is 0 Å². The molecule has 2 aliphatic rings. The third-order valence-corrected chi connectivity index (χ3v) is 3.03. The van der Waals surface area contributed by atoms with Crippen molar-refractivity contribution in [2.24, 2.45) is 5.41 Å². The minimum Gasteiger partial charge on any atom is -0.376 e. The predicted molar refractivity (Wildman–Crippen MR) is 49.2 cm³/mol. The fourth-order valence-corrected chi connectivity index (χ4v) is 1.95. The molecule has 0 bridgehead atoms. The lowest BCUT2D eigenvalue weighted by Gasteiger charge is -2.32. The minimum absolute atomic E-state index is 0.445. The summed E-state index contributed by atoms with van der Waals surface area (Å²) in [4.78, 5) is 2.56. The normalized spacial score (nSPS) is 35.0. The topological polar surface area (TPSA) is 12.5 Å². The van der Waals surface area contributed by atoms with Crippen molar-refractivity contribution in [3.63, 3.8) is 0 Å². The van der Waals surface area contributed by atoms with Crippen LogP contribution in [0.4, 0.5) is 0 Å². The van der Waals surface area contributed by atoms with Gasteiger partial charge >= 0.3 is 0 Å². The van der Waals surface area contributed by atoms with E-state index < -0.39 is 0 Å². The second-order valence-corrected chi connectivity index (χ2v) is 4.73. The van der Waals surface area contributed by atoms with Crippen molar-refractivity contribution in [2.45, 2.75) is 32.8 Å². The van der Waals surface area contributed by atoms with Gasteiger partial charge in [0, 0.05) is 19.6 Å². The molecule has 0 N–H and O–H groups in total. The van der Waals surface area contributed by atoms with Crippen molar-refractivity contribution in [2.75, 3.05) is 26.2 Å². The van der Waals surface area contributed by atoms with Crippen molar-refractivity contribution in [1.29, 1.82) is 0 Å². The van der Waals surface area contributed by atoms with Crippen LogP contribution in [0.15, 0.2) is 0 Å². The molecule has 2 fully saturated rings.